The summed E-state index contributed by atoms with van der Waals surface area (Å²) < 4.78 is 6.21. The van der Waals surface area contributed by atoms with Crippen LogP contribution in [0.5, 0.6) is 0 Å². The number of hydrogen-bond acceptors (Lipinski definition) is 6. The molecule has 0 spiro atoms. The second-order valence-electron chi connectivity index (χ2n) is 4.20. The zero-order chi connectivity index (χ0) is 13.0. The van der Waals surface area contributed by atoms with Gasteiger partial charge in [-0.15, -0.1) is 10.2 Å². The molecule has 1 fully saturated rings. The van der Waals surface area contributed by atoms with Gasteiger partial charge in [-0.05, 0) is 19.3 Å². The van der Waals surface area contributed by atoms with E-state index in [0.29, 0.717) is 17.0 Å². The number of amides is 1. The van der Waals surface area contributed by atoms with Gasteiger partial charge in [0.25, 0.3) is 5.91 Å². The summed E-state index contributed by atoms with van der Waals surface area (Å²) in [6.45, 7) is 4.96. The highest BCUT2D eigenvalue weighted by Gasteiger charge is 2.24. The number of carbonyl (C=O) groups excluding carboxylic acids is 1. The number of carbonyl (C=O) groups is 1. The zero-order valence-electron chi connectivity index (χ0n) is 10.5. The molecule has 2 atom stereocenters. The van der Waals surface area contributed by atoms with Crippen LogP contribution in [-0.2, 0) is 9.53 Å². The first-order chi connectivity index (χ1) is 8.69. The Morgan fingerprint density at radius 1 is 1.67 bits per heavy atom. The predicted octanol–water partition coefficient (Wildman–Crippen LogP) is 2.55. The summed E-state index contributed by atoms with van der Waals surface area (Å²) in [7, 11) is 0. The standard InChI is InChI=1S/C11H17N3O2S2/c1-3-7(2)17-11-14-13-10(18-11)12-9(15)8-5-4-6-16-8/h7-8H,3-6H2,1-2H3,(H,12,13,15)/t7-,8-/m0/s1. The summed E-state index contributed by atoms with van der Waals surface area (Å²) in [5.41, 5.74) is 0. The Labute approximate surface area is 115 Å². The smallest absolute Gasteiger partial charge is 0.255 e. The van der Waals surface area contributed by atoms with Crippen molar-refractivity contribution in [3.63, 3.8) is 0 Å². The minimum atomic E-state index is -0.320. The van der Waals surface area contributed by atoms with Gasteiger partial charge in [-0.25, -0.2) is 0 Å². The van der Waals surface area contributed by atoms with Gasteiger partial charge in [0.05, 0.1) is 0 Å². The third kappa shape index (κ3) is 3.66. The van der Waals surface area contributed by atoms with Gasteiger partial charge >= 0.3 is 0 Å². The SMILES string of the molecule is CC[C@H](C)Sc1nnc(NC(=O)[C@@H]2CCCO2)s1. The third-order valence-electron chi connectivity index (χ3n) is 2.74. The Hall–Kier alpha value is -0.660. The van der Waals surface area contributed by atoms with Crippen molar-refractivity contribution in [2.24, 2.45) is 0 Å². The maximum Gasteiger partial charge on any atom is 0.255 e. The molecule has 0 radical (unpaired) electrons. The van der Waals surface area contributed by atoms with Gasteiger partial charge in [-0.2, -0.15) is 0 Å². The van der Waals surface area contributed by atoms with E-state index in [1.54, 1.807) is 11.8 Å². The van der Waals surface area contributed by atoms with Crippen molar-refractivity contribution in [1.82, 2.24) is 10.2 Å². The summed E-state index contributed by atoms with van der Waals surface area (Å²) in [6.07, 6.45) is 2.50. The Morgan fingerprint density at radius 2 is 2.50 bits per heavy atom. The van der Waals surface area contributed by atoms with Crippen LogP contribution in [0.25, 0.3) is 0 Å². The molecule has 1 amide bonds. The maximum absolute atomic E-state index is 11.8. The van der Waals surface area contributed by atoms with E-state index in [2.05, 4.69) is 29.4 Å². The quantitative estimate of drug-likeness (QED) is 0.666. The van der Waals surface area contributed by atoms with Gasteiger partial charge in [-0.1, -0.05) is 36.9 Å². The van der Waals surface area contributed by atoms with Crippen molar-refractivity contribution in [1.29, 1.82) is 0 Å². The molecule has 5 nitrogen and oxygen atoms in total. The van der Waals surface area contributed by atoms with Gasteiger partial charge in [0.1, 0.15) is 6.10 Å². The lowest BCUT2D eigenvalue weighted by Gasteiger charge is -2.07. The molecule has 0 aromatic carbocycles. The number of nitrogens with zero attached hydrogens (tertiary/aromatic N) is 2. The van der Waals surface area contributed by atoms with Gasteiger partial charge < -0.3 is 4.74 Å². The number of thioether (sulfide) groups is 1. The van der Waals surface area contributed by atoms with E-state index in [4.69, 9.17) is 4.74 Å². The van der Waals surface area contributed by atoms with Crippen molar-refractivity contribution in [2.45, 2.75) is 48.8 Å². The van der Waals surface area contributed by atoms with E-state index in [1.165, 1.54) is 11.3 Å². The molecule has 0 bridgehead atoms. The van der Waals surface area contributed by atoms with Gasteiger partial charge in [0, 0.05) is 11.9 Å². The largest absolute Gasteiger partial charge is 0.368 e. The molecule has 1 aliphatic heterocycles. The summed E-state index contributed by atoms with van der Waals surface area (Å²) in [5, 5.41) is 11.9. The fourth-order valence-corrected chi connectivity index (χ4v) is 3.53. The molecule has 7 heteroatoms. The first kappa shape index (κ1) is 13.8. The Bertz CT molecular complexity index is 405. The van der Waals surface area contributed by atoms with Crippen LogP contribution in [0.4, 0.5) is 5.13 Å². The van der Waals surface area contributed by atoms with E-state index in [1.807, 2.05) is 0 Å². The molecule has 1 aliphatic rings. The number of nitrogens with one attached hydrogen (secondary N) is 1. The summed E-state index contributed by atoms with van der Waals surface area (Å²) in [6, 6.07) is 0. The van der Waals surface area contributed by atoms with Crippen LogP contribution in [0.1, 0.15) is 33.1 Å². The minimum absolute atomic E-state index is 0.108. The molecule has 0 aliphatic carbocycles. The molecule has 1 saturated heterocycles. The number of aromatic nitrogens is 2. The molecule has 1 aromatic rings. The minimum Gasteiger partial charge on any atom is -0.368 e. The Morgan fingerprint density at radius 3 is 3.17 bits per heavy atom. The van der Waals surface area contributed by atoms with Crippen LogP contribution in [0, 0.1) is 0 Å². The lowest BCUT2D eigenvalue weighted by Crippen LogP contribution is -2.26. The highest BCUT2D eigenvalue weighted by atomic mass is 32.2. The molecule has 2 heterocycles. The van der Waals surface area contributed by atoms with Crippen molar-refractivity contribution >= 4 is 34.1 Å². The number of ether oxygens (including phenoxy) is 1. The zero-order valence-corrected chi connectivity index (χ0v) is 12.1. The first-order valence-corrected chi connectivity index (χ1v) is 7.81. The van der Waals surface area contributed by atoms with Crippen LogP contribution in [0.2, 0.25) is 0 Å². The molecule has 0 saturated carbocycles. The van der Waals surface area contributed by atoms with Gasteiger partial charge in [-0.3, -0.25) is 10.1 Å². The third-order valence-corrected chi connectivity index (χ3v) is 4.93. The van der Waals surface area contributed by atoms with E-state index in [0.717, 1.165) is 23.6 Å². The fourth-order valence-electron chi connectivity index (χ4n) is 1.53. The van der Waals surface area contributed by atoms with E-state index < -0.39 is 0 Å². The van der Waals surface area contributed by atoms with Crippen LogP contribution < -0.4 is 5.32 Å². The second kappa shape index (κ2) is 6.49. The highest BCUT2D eigenvalue weighted by molar-refractivity contribution is 8.01. The van der Waals surface area contributed by atoms with Crippen LogP contribution in [0.3, 0.4) is 0 Å². The second-order valence-corrected chi connectivity index (χ2v) is 6.86. The molecular weight excluding hydrogens is 270 g/mol. The van der Waals surface area contributed by atoms with Crippen molar-refractivity contribution in [2.75, 3.05) is 11.9 Å². The van der Waals surface area contributed by atoms with Crippen LogP contribution in [0.15, 0.2) is 4.34 Å². The van der Waals surface area contributed by atoms with Crippen molar-refractivity contribution in [3.8, 4) is 0 Å². The number of rotatable bonds is 5. The number of anilines is 1. The topological polar surface area (TPSA) is 64.1 Å². The first-order valence-electron chi connectivity index (χ1n) is 6.11. The van der Waals surface area contributed by atoms with Crippen LogP contribution in [-0.4, -0.2) is 34.1 Å². The summed E-state index contributed by atoms with van der Waals surface area (Å²) >= 11 is 3.10. The van der Waals surface area contributed by atoms with Gasteiger partial charge in [0.2, 0.25) is 5.13 Å². The normalized spacial score (nSPS) is 20.9. The molecule has 1 aromatic heterocycles. The fraction of sp³-hybridized carbons (Fsp3) is 0.727. The van der Waals surface area contributed by atoms with Crippen LogP contribution >= 0.6 is 23.1 Å². The summed E-state index contributed by atoms with van der Waals surface area (Å²) in [4.78, 5) is 11.8. The monoisotopic (exact) mass is 287 g/mol. The summed E-state index contributed by atoms with van der Waals surface area (Å²) in [5.74, 6) is -0.108. The molecule has 0 unspecified atom stereocenters. The van der Waals surface area contributed by atoms with E-state index in [-0.39, 0.29) is 12.0 Å². The van der Waals surface area contributed by atoms with Gasteiger partial charge in [0.15, 0.2) is 4.34 Å². The number of hydrogen-bond donors (Lipinski definition) is 1. The average molecular weight is 287 g/mol. The van der Waals surface area contributed by atoms with E-state index in [9.17, 15) is 4.79 Å². The van der Waals surface area contributed by atoms with E-state index >= 15 is 0 Å². The Balaban J connectivity index is 1.87. The molecule has 18 heavy (non-hydrogen) atoms. The molecular formula is C11H17N3O2S2. The lowest BCUT2D eigenvalue weighted by atomic mass is 10.2. The van der Waals surface area contributed by atoms with Crippen molar-refractivity contribution in [3.05, 3.63) is 0 Å². The lowest BCUT2D eigenvalue weighted by molar-refractivity contribution is -0.124. The molecule has 2 rings (SSSR count). The molecule has 1 N–H and O–H groups in total. The molecule has 100 valence electrons. The van der Waals surface area contributed by atoms with Crippen molar-refractivity contribution < 1.29 is 9.53 Å². The average Bonchev–Trinajstić information content (AvgIpc) is 3.00. The maximum atomic E-state index is 11.8. The highest BCUT2D eigenvalue weighted by Crippen LogP contribution is 2.30. The predicted molar refractivity (Wildman–Crippen MR) is 73.1 cm³/mol. The Kier molecular flexibility index (Phi) is 4.96.